The number of rotatable bonds is 1. The lowest BCUT2D eigenvalue weighted by Gasteiger charge is -2.20. The van der Waals surface area contributed by atoms with Crippen molar-refractivity contribution in [1.29, 1.82) is 0 Å². The van der Waals surface area contributed by atoms with Crippen LogP contribution in [0.2, 0.25) is 5.02 Å². The van der Waals surface area contributed by atoms with Gasteiger partial charge in [0.25, 0.3) is 0 Å². The number of ketones is 1. The van der Waals surface area contributed by atoms with Crippen LogP contribution in [-0.4, -0.2) is 31.4 Å². The second-order valence-electron chi connectivity index (χ2n) is 3.88. The molecule has 84 valence electrons. The predicted molar refractivity (Wildman–Crippen MR) is 63.0 cm³/mol. The van der Waals surface area contributed by atoms with E-state index >= 15 is 0 Å². The first-order valence-electron chi connectivity index (χ1n) is 4.92. The van der Waals surface area contributed by atoms with Gasteiger partial charge >= 0.3 is 0 Å². The Morgan fingerprint density at radius 1 is 1.44 bits per heavy atom. The molecule has 0 saturated heterocycles. The molecule has 4 heteroatoms. The number of ether oxygens (including phenoxy) is 1. The van der Waals surface area contributed by atoms with Crippen LogP contribution in [0.15, 0.2) is 30.0 Å². The fraction of sp³-hybridized carbons (Fsp3) is 0.250. The number of nitrogens with zero attached hydrogens (tertiary/aromatic N) is 1. The Morgan fingerprint density at radius 2 is 2.19 bits per heavy atom. The van der Waals surface area contributed by atoms with Gasteiger partial charge in [-0.2, -0.15) is 0 Å². The van der Waals surface area contributed by atoms with Crippen molar-refractivity contribution >= 4 is 17.4 Å². The zero-order valence-corrected chi connectivity index (χ0v) is 9.91. The highest BCUT2D eigenvalue weighted by molar-refractivity contribution is 6.31. The molecule has 0 fully saturated rings. The van der Waals surface area contributed by atoms with Crippen molar-refractivity contribution in [2.24, 2.45) is 0 Å². The molecule has 0 radical (unpaired) electrons. The zero-order chi connectivity index (χ0) is 11.7. The summed E-state index contributed by atoms with van der Waals surface area (Å²) in [5, 5.41) is 0.543. The molecule has 1 aliphatic heterocycles. The van der Waals surface area contributed by atoms with Crippen molar-refractivity contribution in [3.05, 3.63) is 40.6 Å². The van der Waals surface area contributed by atoms with E-state index in [9.17, 15) is 4.79 Å². The van der Waals surface area contributed by atoms with E-state index in [2.05, 4.69) is 0 Å². The molecule has 0 N–H and O–H groups in total. The van der Waals surface area contributed by atoms with Crippen LogP contribution in [0.5, 0.6) is 5.75 Å². The van der Waals surface area contributed by atoms with Crippen molar-refractivity contribution < 1.29 is 9.53 Å². The Balaban J connectivity index is 2.42. The summed E-state index contributed by atoms with van der Waals surface area (Å²) >= 11 is 5.86. The lowest BCUT2D eigenvalue weighted by Crippen LogP contribution is -2.21. The monoisotopic (exact) mass is 237 g/mol. The minimum Gasteiger partial charge on any atom is -0.488 e. The highest BCUT2D eigenvalue weighted by Gasteiger charge is 2.23. The molecule has 0 aromatic heterocycles. The van der Waals surface area contributed by atoms with Crippen molar-refractivity contribution in [2.75, 3.05) is 20.7 Å². The van der Waals surface area contributed by atoms with Gasteiger partial charge in [0.2, 0.25) is 0 Å². The van der Waals surface area contributed by atoms with Crippen LogP contribution in [0.1, 0.15) is 10.4 Å². The Hall–Kier alpha value is -1.48. The summed E-state index contributed by atoms with van der Waals surface area (Å²) < 4.78 is 5.49. The third-order valence-corrected chi connectivity index (χ3v) is 2.51. The Morgan fingerprint density at radius 3 is 2.88 bits per heavy atom. The minimum absolute atomic E-state index is 0.0162. The molecule has 3 nitrogen and oxygen atoms in total. The van der Waals surface area contributed by atoms with Gasteiger partial charge in [-0.15, -0.1) is 0 Å². The maximum Gasteiger partial charge on any atom is 0.197 e. The van der Waals surface area contributed by atoms with Gasteiger partial charge in [-0.05, 0) is 18.2 Å². The number of fused-ring (bicyclic) bond motifs is 1. The lowest BCUT2D eigenvalue weighted by molar-refractivity contribution is 0.0997. The Kier molecular flexibility index (Phi) is 2.88. The highest BCUT2D eigenvalue weighted by Crippen LogP contribution is 2.29. The summed E-state index contributed by atoms with van der Waals surface area (Å²) in [6.45, 7) is 0.311. The lowest BCUT2D eigenvalue weighted by atomic mass is 10.0. The number of hydrogen-bond acceptors (Lipinski definition) is 3. The fourth-order valence-electron chi connectivity index (χ4n) is 1.61. The average molecular weight is 238 g/mol. The first-order chi connectivity index (χ1) is 7.58. The summed E-state index contributed by atoms with van der Waals surface area (Å²) in [7, 11) is 3.74. The highest BCUT2D eigenvalue weighted by atomic mass is 35.5. The summed E-state index contributed by atoms with van der Waals surface area (Å²) in [4.78, 5) is 13.9. The first kappa shape index (κ1) is 11.0. The third kappa shape index (κ3) is 2.04. The van der Waals surface area contributed by atoms with Crippen molar-refractivity contribution in [2.45, 2.75) is 0 Å². The van der Waals surface area contributed by atoms with Gasteiger partial charge in [0.05, 0.1) is 11.1 Å². The van der Waals surface area contributed by atoms with Gasteiger partial charge < -0.3 is 9.64 Å². The van der Waals surface area contributed by atoms with Crippen molar-refractivity contribution in [3.63, 3.8) is 0 Å². The molecule has 0 unspecified atom stereocenters. The molecular weight excluding hydrogens is 226 g/mol. The van der Waals surface area contributed by atoms with E-state index in [4.69, 9.17) is 16.3 Å². The third-order valence-electron chi connectivity index (χ3n) is 2.28. The summed E-state index contributed by atoms with van der Waals surface area (Å²) in [5.41, 5.74) is 1.17. The van der Waals surface area contributed by atoms with Gasteiger partial charge in [-0.25, -0.2) is 0 Å². The molecule has 0 spiro atoms. The van der Waals surface area contributed by atoms with Gasteiger partial charge in [0.1, 0.15) is 12.4 Å². The molecule has 1 heterocycles. The van der Waals surface area contributed by atoms with Gasteiger partial charge in [-0.1, -0.05) is 11.6 Å². The summed E-state index contributed by atoms with van der Waals surface area (Å²) in [6, 6.07) is 5.08. The Labute approximate surface area is 99.3 Å². The van der Waals surface area contributed by atoms with Crippen LogP contribution in [0.25, 0.3) is 0 Å². The molecule has 1 aliphatic rings. The van der Waals surface area contributed by atoms with Gasteiger partial charge in [0.15, 0.2) is 5.78 Å². The molecule has 0 atom stereocenters. The molecule has 16 heavy (non-hydrogen) atoms. The topological polar surface area (TPSA) is 29.5 Å². The number of carbonyl (C=O) groups is 1. The van der Waals surface area contributed by atoms with E-state index in [0.29, 0.717) is 28.5 Å². The zero-order valence-electron chi connectivity index (χ0n) is 9.16. The molecular formula is C12H12ClNO2. The normalized spacial score (nSPS) is 16.9. The molecule has 1 aromatic rings. The maximum atomic E-state index is 12.1. The molecule has 0 aliphatic carbocycles. The van der Waals surface area contributed by atoms with Crippen LogP contribution < -0.4 is 4.74 Å². The fourth-order valence-corrected chi connectivity index (χ4v) is 1.78. The molecule has 0 bridgehead atoms. The number of benzene rings is 1. The number of Topliss-reactive ketones (excluding diaryl/α,β-unsaturated/α-hetero) is 1. The standard InChI is InChI=1S/C12H12ClNO2/c1-14(2)6-8-7-16-11-4-3-9(13)5-10(11)12(8)15/h3-6H,7H2,1-2H3/b8-6-. The molecule has 1 aromatic carbocycles. The van der Waals surface area contributed by atoms with Gasteiger partial charge in [-0.3, -0.25) is 4.79 Å². The largest absolute Gasteiger partial charge is 0.488 e. The number of carbonyl (C=O) groups excluding carboxylic acids is 1. The minimum atomic E-state index is -0.0162. The smallest absolute Gasteiger partial charge is 0.197 e. The van der Waals surface area contributed by atoms with Gasteiger partial charge in [0, 0.05) is 25.3 Å². The van der Waals surface area contributed by atoms with Crippen molar-refractivity contribution in [3.8, 4) is 5.75 Å². The predicted octanol–water partition coefficient (Wildman–Crippen LogP) is 2.36. The van der Waals surface area contributed by atoms with Crippen LogP contribution >= 0.6 is 11.6 Å². The van der Waals surface area contributed by atoms with Crippen LogP contribution in [0, 0.1) is 0 Å². The van der Waals surface area contributed by atoms with E-state index in [0.717, 1.165) is 0 Å². The quantitative estimate of drug-likeness (QED) is 0.703. The van der Waals surface area contributed by atoms with E-state index in [1.165, 1.54) is 0 Å². The van der Waals surface area contributed by atoms with E-state index in [1.807, 2.05) is 19.0 Å². The average Bonchev–Trinajstić information content (AvgIpc) is 2.22. The van der Waals surface area contributed by atoms with Crippen LogP contribution in [-0.2, 0) is 0 Å². The van der Waals surface area contributed by atoms with E-state index in [-0.39, 0.29) is 5.78 Å². The number of hydrogen-bond donors (Lipinski definition) is 0. The summed E-state index contributed by atoms with van der Waals surface area (Å²) in [5.74, 6) is 0.586. The summed E-state index contributed by atoms with van der Waals surface area (Å²) in [6.07, 6.45) is 1.77. The number of halogens is 1. The molecule has 2 rings (SSSR count). The first-order valence-corrected chi connectivity index (χ1v) is 5.30. The van der Waals surface area contributed by atoms with Crippen molar-refractivity contribution in [1.82, 2.24) is 4.90 Å². The van der Waals surface area contributed by atoms with Crippen LogP contribution in [0.3, 0.4) is 0 Å². The maximum absolute atomic E-state index is 12.1. The van der Waals surface area contributed by atoms with Crippen LogP contribution in [0.4, 0.5) is 0 Å². The van der Waals surface area contributed by atoms with E-state index in [1.54, 1.807) is 24.4 Å². The second kappa shape index (κ2) is 4.18. The second-order valence-corrected chi connectivity index (χ2v) is 4.31. The van der Waals surface area contributed by atoms with E-state index < -0.39 is 0 Å². The molecule has 0 amide bonds. The molecule has 0 saturated carbocycles. The SMILES string of the molecule is CN(C)/C=C1/COc2ccc(Cl)cc2C1=O. The Bertz CT molecular complexity index is 466.